The Morgan fingerprint density at radius 1 is 1.03 bits per heavy atom. The Hall–Kier alpha value is -3.92. The summed E-state index contributed by atoms with van der Waals surface area (Å²) in [6.45, 7) is 0.346. The molecule has 0 radical (unpaired) electrons. The number of fused-ring (bicyclic) bond motifs is 1. The number of halogens is 2. The molecule has 3 aromatic carbocycles. The van der Waals surface area contributed by atoms with Gasteiger partial charge in [0.25, 0.3) is 0 Å². The van der Waals surface area contributed by atoms with E-state index in [9.17, 15) is 5.26 Å². The van der Waals surface area contributed by atoms with Gasteiger partial charge in [0, 0.05) is 21.2 Å². The molecule has 4 aromatic rings. The molecule has 0 saturated heterocycles. The van der Waals surface area contributed by atoms with Crippen molar-refractivity contribution in [1.82, 2.24) is 10.2 Å². The average Bonchev–Trinajstić information content (AvgIpc) is 3.27. The summed E-state index contributed by atoms with van der Waals surface area (Å²) in [6, 6.07) is 24.6. The largest absolute Gasteiger partial charge is 0.489 e. The monoisotopic (exact) mass is 488 g/mol. The van der Waals surface area contributed by atoms with Crippen LogP contribution in [0.1, 0.15) is 22.6 Å². The van der Waals surface area contributed by atoms with Crippen molar-refractivity contribution in [2.24, 2.45) is 5.73 Å². The minimum atomic E-state index is -0.462. The first-order valence-corrected chi connectivity index (χ1v) is 11.2. The third kappa shape index (κ3) is 4.08. The summed E-state index contributed by atoms with van der Waals surface area (Å²) in [6.07, 6.45) is 0. The highest BCUT2D eigenvalue weighted by Gasteiger charge is 2.35. The van der Waals surface area contributed by atoms with E-state index in [4.69, 9.17) is 38.4 Å². The van der Waals surface area contributed by atoms with Crippen molar-refractivity contribution in [2.45, 2.75) is 12.5 Å². The molecule has 0 fully saturated rings. The molecule has 0 unspecified atom stereocenters. The van der Waals surface area contributed by atoms with Crippen molar-refractivity contribution in [3.05, 3.63) is 111 Å². The van der Waals surface area contributed by atoms with E-state index in [-0.39, 0.29) is 5.88 Å². The van der Waals surface area contributed by atoms with Gasteiger partial charge < -0.3 is 15.2 Å². The van der Waals surface area contributed by atoms with Gasteiger partial charge in [-0.15, -0.1) is 5.10 Å². The SMILES string of the molecule is N#CC1=C(N)Oc2n[nH]c(-c3ccc(Cl)cc3)c2[C@H]1c1ccc(OCc2ccccc2Cl)cc1. The van der Waals surface area contributed by atoms with E-state index in [1.54, 1.807) is 12.1 Å². The highest BCUT2D eigenvalue weighted by Crippen LogP contribution is 2.45. The second-order valence-electron chi connectivity index (χ2n) is 7.70. The van der Waals surface area contributed by atoms with E-state index in [2.05, 4.69) is 16.3 Å². The zero-order chi connectivity index (χ0) is 23.7. The van der Waals surface area contributed by atoms with Gasteiger partial charge in [-0.25, -0.2) is 0 Å². The van der Waals surface area contributed by atoms with Crippen LogP contribution in [0.25, 0.3) is 11.3 Å². The van der Waals surface area contributed by atoms with E-state index in [1.165, 1.54) is 0 Å². The van der Waals surface area contributed by atoms with E-state index < -0.39 is 5.92 Å². The fourth-order valence-corrected chi connectivity index (χ4v) is 4.26. The second-order valence-corrected chi connectivity index (χ2v) is 8.54. The number of nitrogens with two attached hydrogens (primary N) is 1. The molecule has 168 valence electrons. The Bertz CT molecular complexity index is 1420. The van der Waals surface area contributed by atoms with Crippen LogP contribution in [0, 0.1) is 11.3 Å². The van der Waals surface area contributed by atoms with Crippen LogP contribution in [-0.2, 0) is 6.61 Å². The number of hydrogen-bond acceptors (Lipinski definition) is 5. The van der Waals surface area contributed by atoms with E-state index in [0.717, 1.165) is 27.9 Å². The predicted octanol–water partition coefficient (Wildman–Crippen LogP) is 6.18. The smallest absolute Gasteiger partial charge is 0.244 e. The van der Waals surface area contributed by atoms with Crippen LogP contribution in [0.4, 0.5) is 0 Å². The second kappa shape index (κ2) is 9.14. The van der Waals surface area contributed by atoms with Crippen LogP contribution in [0.3, 0.4) is 0 Å². The van der Waals surface area contributed by atoms with Gasteiger partial charge >= 0.3 is 0 Å². The molecule has 0 spiro atoms. The highest BCUT2D eigenvalue weighted by molar-refractivity contribution is 6.31. The van der Waals surface area contributed by atoms with Crippen molar-refractivity contribution in [3.63, 3.8) is 0 Å². The van der Waals surface area contributed by atoms with Gasteiger partial charge in [-0.2, -0.15) is 5.26 Å². The highest BCUT2D eigenvalue weighted by atomic mass is 35.5. The van der Waals surface area contributed by atoms with Crippen LogP contribution in [0.2, 0.25) is 10.0 Å². The van der Waals surface area contributed by atoms with Crippen molar-refractivity contribution in [3.8, 4) is 29.0 Å². The molecule has 0 amide bonds. The first-order chi connectivity index (χ1) is 16.5. The zero-order valence-corrected chi connectivity index (χ0v) is 19.3. The first kappa shape index (κ1) is 21.9. The molecule has 1 aliphatic rings. The maximum atomic E-state index is 9.89. The summed E-state index contributed by atoms with van der Waals surface area (Å²) in [5, 5.41) is 18.5. The van der Waals surface area contributed by atoms with Crippen molar-refractivity contribution in [2.75, 3.05) is 0 Å². The molecular weight excluding hydrogens is 471 g/mol. The zero-order valence-electron chi connectivity index (χ0n) is 17.8. The molecule has 1 atom stereocenters. The molecule has 8 heteroatoms. The van der Waals surface area contributed by atoms with Crippen LogP contribution in [0.15, 0.2) is 84.3 Å². The number of rotatable bonds is 5. The predicted molar refractivity (Wildman–Crippen MR) is 131 cm³/mol. The third-order valence-electron chi connectivity index (χ3n) is 5.64. The number of nitriles is 1. The van der Waals surface area contributed by atoms with Crippen LogP contribution in [-0.4, -0.2) is 10.2 Å². The molecular formula is C26H18Cl2N4O2. The maximum Gasteiger partial charge on any atom is 0.244 e. The molecule has 0 saturated carbocycles. The summed E-state index contributed by atoms with van der Waals surface area (Å²) < 4.78 is 11.6. The van der Waals surface area contributed by atoms with Crippen LogP contribution < -0.4 is 15.2 Å². The van der Waals surface area contributed by atoms with Gasteiger partial charge in [0.1, 0.15) is 24.0 Å². The molecule has 5 rings (SSSR count). The lowest BCUT2D eigenvalue weighted by molar-refractivity contribution is 0.306. The lowest BCUT2D eigenvalue weighted by Crippen LogP contribution is -2.21. The summed E-state index contributed by atoms with van der Waals surface area (Å²) >= 11 is 12.3. The minimum Gasteiger partial charge on any atom is -0.489 e. The minimum absolute atomic E-state index is 0.0354. The van der Waals surface area contributed by atoms with Crippen molar-refractivity contribution >= 4 is 23.2 Å². The summed E-state index contributed by atoms with van der Waals surface area (Å²) in [5.41, 5.74) is 10.5. The van der Waals surface area contributed by atoms with E-state index in [1.807, 2.05) is 60.7 Å². The Morgan fingerprint density at radius 3 is 2.47 bits per heavy atom. The average molecular weight is 489 g/mol. The van der Waals surface area contributed by atoms with Gasteiger partial charge in [0.05, 0.1) is 17.2 Å². The molecule has 3 N–H and O–H groups in total. The Labute approximate surface area is 206 Å². The molecule has 34 heavy (non-hydrogen) atoms. The Morgan fingerprint density at radius 2 is 1.76 bits per heavy atom. The van der Waals surface area contributed by atoms with Gasteiger partial charge in [0.2, 0.25) is 11.8 Å². The van der Waals surface area contributed by atoms with Gasteiger partial charge in [-0.3, -0.25) is 5.10 Å². The Kier molecular flexibility index (Phi) is 5.89. The maximum absolute atomic E-state index is 9.89. The number of aromatic nitrogens is 2. The van der Waals surface area contributed by atoms with Crippen molar-refractivity contribution < 1.29 is 9.47 Å². The normalized spacial score (nSPS) is 14.8. The number of aromatic amines is 1. The number of nitrogens with one attached hydrogen (secondary N) is 1. The first-order valence-electron chi connectivity index (χ1n) is 10.4. The molecule has 6 nitrogen and oxygen atoms in total. The topological polar surface area (TPSA) is 97.0 Å². The lowest BCUT2D eigenvalue weighted by Gasteiger charge is -2.24. The summed E-state index contributed by atoms with van der Waals surface area (Å²) in [4.78, 5) is 0. The van der Waals surface area contributed by atoms with Gasteiger partial charge in [-0.1, -0.05) is 65.7 Å². The van der Waals surface area contributed by atoms with Crippen LogP contribution in [0.5, 0.6) is 11.6 Å². The molecule has 2 heterocycles. The van der Waals surface area contributed by atoms with Gasteiger partial charge in [0.15, 0.2) is 0 Å². The lowest BCUT2D eigenvalue weighted by atomic mass is 9.83. The standard InChI is InChI=1S/C26H18Cl2N4O2/c27-18-9-5-16(6-10-18)24-23-22(20(13-29)25(30)34-26(23)32-31-24)15-7-11-19(12-8-15)33-14-17-3-1-2-4-21(17)28/h1-12,22H,14,30H2,(H,31,32)/t22-/m0/s1. The number of allylic oxidation sites excluding steroid dienone is 1. The van der Waals surface area contributed by atoms with Crippen molar-refractivity contribution in [1.29, 1.82) is 5.26 Å². The van der Waals surface area contributed by atoms with Crippen LogP contribution >= 0.6 is 23.2 Å². The number of hydrogen-bond donors (Lipinski definition) is 2. The Balaban J connectivity index is 1.49. The summed E-state index contributed by atoms with van der Waals surface area (Å²) in [7, 11) is 0. The van der Waals surface area contributed by atoms with E-state index in [0.29, 0.717) is 33.9 Å². The quantitative estimate of drug-likeness (QED) is 0.349. The van der Waals surface area contributed by atoms with Gasteiger partial charge in [-0.05, 0) is 35.9 Å². The fraction of sp³-hybridized carbons (Fsp3) is 0.0769. The molecule has 1 aromatic heterocycles. The molecule has 1 aliphatic heterocycles. The third-order valence-corrected chi connectivity index (χ3v) is 6.26. The number of ether oxygens (including phenoxy) is 2. The molecule has 0 bridgehead atoms. The number of nitrogens with zero attached hydrogens (tertiary/aromatic N) is 2. The van der Waals surface area contributed by atoms with E-state index >= 15 is 0 Å². The number of benzene rings is 3. The number of H-pyrrole nitrogens is 1. The molecule has 0 aliphatic carbocycles. The summed E-state index contributed by atoms with van der Waals surface area (Å²) in [5.74, 6) is 0.589. The fourth-order valence-electron chi connectivity index (χ4n) is 3.95.